The number of para-hydroxylation sites is 1. The van der Waals surface area contributed by atoms with Crippen LogP contribution in [0.2, 0.25) is 0 Å². The maximum absolute atomic E-state index is 13.6. The molecule has 6 nitrogen and oxygen atoms in total. The average Bonchev–Trinajstić information content (AvgIpc) is 2.91. The second-order valence-electron chi connectivity index (χ2n) is 8.09. The molecule has 1 saturated heterocycles. The van der Waals surface area contributed by atoms with Crippen LogP contribution in [-0.2, 0) is 9.53 Å². The zero-order valence-corrected chi connectivity index (χ0v) is 18.7. The fraction of sp³-hybridized carbons (Fsp3) is 0.179. The Balaban J connectivity index is 1.32. The van der Waals surface area contributed by atoms with Crippen LogP contribution in [0.3, 0.4) is 0 Å². The minimum absolute atomic E-state index is 0.0177. The average molecular weight is 452 g/mol. The molecule has 0 bridgehead atoms. The number of morpholine rings is 1. The smallest absolute Gasteiger partial charge is 0.254 e. The zero-order valence-electron chi connectivity index (χ0n) is 18.7. The number of hydrogen-bond donors (Lipinski definition) is 0. The van der Waals surface area contributed by atoms with Crippen LogP contribution in [0.15, 0.2) is 91.3 Å². The summed E-state index contributed by atoms with van der Waals surface area (Å²) in [4.78, 5) is 24.0. The van der Waals surface area contributed by atoms with E-state index in [0.29, 0.717) is 37.8 Å². The molecule has 6 heteroatoms. The molecule has 0 saturated carbocycles. The van der Waals surface area contributed by atoms with E-state index in [2.05, 4.69) is 9.97 Å². The number of aromatic nitrogens is 2. The Morgan fingerprint density at radius 2 is 1.71 bits per heavy atom. The summed E-state index contributed by atoms with van der Waals surface area (Å²) in [5.41, 5.74) is 3.36. The number of nitrogens with zero attached hydrogens (tertiary/aromatic N) is 3. The molecule has 0 radical (unpaired) electrons. The van der Waals surface area contributed by atoms with E-state index in [4.69, 9.17) is 9.47 Å². The summed E-state index contributed by atoms with van der Waals surface area (Å²) in [7, 11) is 0. The van der Waals surface area contributed by atoms with Crippen LogP contribution >= 0.6 is 0 Å². The summed E-state index contributed by atoms with van der Waals surface area (Å²) in [6.45, 7) is 1.73. The van der Waals surface area contributed by atoms with Crippen molar-refractivity contribution in [3.8, 4) is 5.88 Å². The van der Waals surface area contributed by atoms with Gasteiger partial charge in [0.05, 0.1) is 24.1 Å². The lowest BCUT2D eigenvalue weighted by Crippen LogP contribution is -2.47. The number of carbonyl (C=O) groups is 1. The van der Waals surface area contributed by atoms with Gasteiger partial charge in [0.25, 0.3) is 5.91 Å². The van der Waals surface area contributed by atoms with Crippen LogP contribution in [0.4, 0.5) is 0 Å². The summed E-state index contributed by atoms with van der Waals surface area (Å²) in [5.74, 6) is 0.502. The van der Waals surface area contributed by atoms with Gasteiger partial charge in [0.2, 0.25) is 5.88 Å². The van der Waals surface area contributed by atoms with E-state index in [0.717, 1.165) is 22.0 Å². The fourth-order valence-corrected chi connectivity index (χ4v) is 4.04. The topological polar surface area (TPSA) is 64.6 Å². The van der Waals surface area contributed by atoms with Crippen LogP contribution in [0.1, 0.15) is 11.1 Å². The Morgan fingerprint density at radius 1 is 0.971 bits per heavy atom. The summed E-state index contributed by atoms with van der Waals surface area (Å²) in [6, 6.07) is 27.4. The van der Waals surface area contributed by atoms with E-state index in [1.807, 2.05) is 95.9 Å². The highest BCUT2D eigenvalue weighted by molar-refractivity contribution is 6.24. The maximum atomic E-state index is 13.6. The highest BCUT2D eigenvalue weighted by Crippen LogP contribution is 2.24. The number of amides is 1. The number of ether oxygens (including phenoxy) is 2. The van der Waals surface area contributed by atoms with Gasteiger partial charge in [-0.1, -0.05) is 72.8 Å². The Bertz CT molecular complexity index is 1290. The molecule has 3 aromatic carbocycles. The van der Waals surface area contributed by atoms with Gasteiger partial charge < -0.3 is 14.4 Å². The zero-order chi connectivity index (χ0) is 23.2. The van der Waals surface area contributed by atoms with Crippen molar-refractivity contribution >= 4 is 28.5 Å². The summed E-state index contributed by atoms with van der Waals surface area (Å²) >= 11 is 0. The van der Waals surface area contributed by atoms with Gasteiger partial charge in [-0.3, -0.25) is 4.79 Å². The first-order valence-corrected chi connectivity index (χ1v) is 11.3. The standard InChI is InChI=1S/C28H25N3O3/c32-28(25(22-11-5-2-6-12-22)17-21-9-3-1-4-10-21)31-15-16-33-23(18-31)19-34-27-24-13-7-8-14-26(24)29-20-30-27/h1-14,17,20,23H,15-16,18-19H2/b25-17+. The van der Waals surface area contributed by atoms with E-state index < -0.39 is 0 Å². The van der Waals surface area contributed by atoms with Crippen LogP contribution in [0, 0.1) is 0 Å². The van der Waals surface area contributed by atoms with Gasteiger partial charge in [-0.15, -0.1) is 0 Å². The van der Waals surface area contributed by atoms with Crippen LogP contribution in [0.5, 0.6) is 5.88 Å². The molecule has 4 aromatic rings. The van der Waals surface area contributed by atoms with E-state index in [1.165, 1.54) is 6.33 Å². The molecular weight excluding hydrogens is 426 g/mol. The molecule has 0 spiro atoms. The second-order valence-corrected chi connectivity index (χ2v) is 8.09. The maximum Gasteiger partial charge on any atom is 0.254 e. The molecular formula is C28H25N3O3. The van der Waals surface area contributed by atoms with Gasteiger partial charge in [0.15, 0.2) is 0 Å². The number of hydrogen-bond acceptors (Lipinski definition) is 5. The van der Waals surface area contributed by atoms with Crippen molar-refractivity contribution < 1.29 is 14.3 Å². The van der Waals surface area contributed by atoms with Gasteiger partial charge >= 0.3 is 0 Å². The van der Waals surface area contributed by atoms with Gasteiger partial charge in [-0.25, -0.2) is 9.97 Å². The van der Waals surface area contributed by atoms with Gasteiger partial charge in [-0.05, 0) is 29.3 Å². The van der Waals surface area contributed by atoms with Gasteiger partial charge in [0.1, 0.15) is 19.0 Å². The first-order valence-electron chi connectivity index (χ1n) is 11.3. The third kappa shape index (κ3) is 4.97. The Hall–Kier alpha value is -4.03. The van der Waals surface area contributed by atoms with Crippen molar-refractivity contribution in [1.29, 1.82) is 0 Å². The lowest BCUT2D eigenvalue weighted by Gasteiger charge is -2.33. The molecule has 170 valence electrons. The Kier molecular flexibility index (Phi) is 6.59. The lowest BCUT2D eigenvalue weighted by molar-refractivity contribution is -0.133. The molecule has 1 aliphatic heterocycles. The molecule has 1 amide bonds. The first-order chi connectivity index (χ1) is 16.8. The Labute approximate surface area is 198 Å². The molecule has 1 atom stereocenters. The van der Waals surface area contributed by atoms with Gasteiger partial charge in [-0.2, -0.15) is 0 Å². The van der Waals surface area contributed by atoms with E-state index in [-0.39, 0.29) is 12.0 Å². The molecule has 1 unspecified atom stereocenters. The van der Waals surface area contributed by atoms with Crippen molar-refractivity contribution in [3.63, 3.8) is 0 Å². The van der Waals surface area contributed by atoms with E-state index in [9.17, 15) is 4.79 Å². The third-order valence-corrected chi connectivity index (χ3v) is 5.76. The van der Waals surface area contributed by atoms with Crippen LogP contribution in [-0.4, -0.2) is 53.2 Å². The first kappa shape index (κ1) is 21.8. The number of rotatable bonds is 6. The van der Waals surface area contributed by atoms with E-state index in [1.54, 1.807) is 0 Å². The monoisotopic (exact) mass is 451 g/mol. The summed E-state index contributed by atoms with van der Waals surface area (Å²) in [6.07, 6.45) is 3.20. The van der Waals surface area contributed by atoms with Crippen molar-refractivity contribution in [3.05, 3.63) is 102 Å². The highest BCUT2D eigenvalue weighted by atomic mass is 16.5. The largest absolute Gasteiger partial charge is 0.474 e. The van der Waals surface area contributed by atoms with Crippen molar-refractivity contribution in [2.45, 2.75) is 6.10 Å². The molecule has 1 aromatic heterocycles. The highest BCUT2D eigenvalue weighted by Gasteiger charge is 2.27. The minimum atomic E-state index is -0.250. The molecule has 1 fully saturated rings. The Morgan fingerprint density at radius 3 is 2.53 bits per heavy atom. The second kappa shape index (κ2) is 10.3. The van der Waals surface area contributed by atoms with Crippen molar-refractivity contribution in [2.24, 2.45) is 0 Å². The molecule has 0 aliphatic carbocycles. The lowest BCUT2D eigenvalue weighted by atomic mass is 10.0. The summed E-state index contributed by atoms with van der Waals surface area (Å²) < 4.78 is 11.9. The third-order valence-electron chi connectivity index (χ3n) is 5.76. The fourth-order valence-electron chi connectivity index (χ4n) is 4.04. The predicted octanol–water partition coefficient (Wildman–Crippen LogP) is 4.48. The number of fused-ring (bicyclic) bond motifs is 1. The van der Waals surface area contributed by atoms with Crippen molar-refractivity contribution in [1.82, 2.24) is 14.9 Å². The molecule has 2 heterocycles. The number of carbonyl (C=O) groups excluding carboxylic acids is 1. The number of benzene rings is 3. The van der Waals surface area contributed by atoms with Crippen LogP contribution < -0.4 is 4.74 Å². The van der Waals surface area contributed by atoms with Crippen molar-refractivity contribution in [2.75, 3.05) is 26.3 Å². The normalized spacial score (nSPS) is 16.4. The summed E-state index contributed by atoms with van der Waals surface area (Å²) in [5, 5.41) is 0.853. The molecule has 0 N–H and O–H groups in total. The predicted molar refractivity (Wildman–Crippen MR) is 132 cm³/mol. The van der Waals surface area contributed by atoms with Crippen LogP contribution in [0.25, 0.3) is 22.6 Å². The SMILES string of the molecule is O=C(/C(=C/c1ccccc1)c1ccccc1)N1CCOC(COc2ncnc3ccccc23)C1. The van der Waals surface area contributed by atoms with E-state index >= 15 is 0 Å². The quantitative estimate of drug-likeness (QED) is 0.320. The molecule has 1 aliphatic rings. The molecule has 34 heavy (non-hydrogen) atoms. The molecule has 5 rings (SSSR count). The van der Waals surface area contributed by atoms with Gasteiger partial charge in [0, 0.05) is 12.1 Å². The minimum Gasteiger partial charge on any atom is -0.474 e.